The third-order valence-corrected chi connectivity index (χ3v) is 4.11. The Morgan fingerprint density at radius 1 is 1.00 bits per heavy atom. The Bertz CT molecular complexity index is 919. The highest BCUT2D eigenvalue weighted by atomic mass is 16.5. The van der Waals surface area contributed by atoms with E-state index in [1.54, 1.807) is 44.2 Å². The van der Waals surface area contributed by atoms with Gasteiger partial charge in [0.25, 0.3) is 0 Å². The van der Waals surface area contributed by atoms with Gasteiger partial charge in [-0.3, -0.25) is 4.99 Å². The number of hydrogen-bond acceptors (Lipinski definition) is 5. The lowest BCUT2D eigenvalue weighted by atomic mass is 10.2. The molecule has 0 aliphatic carbocycles. The fraction of sp³-hybridized carbons (Fsp3) is 0.211. The number of aliphatic imine (C=N–C) groups is 1. The lowest BCUT2D eigenvalue weighted by Crippen LogP contribution is -1.94. The van der Waals surface area contributed by atoms with Crippen molar-refractivity contribution in [2.75, 3.05) is 21.3 Å². The molecule has 1 N–H and O–H groups in total. The van der Waals surface area contributed by atoms with Crippen LogP contribution < -0.4 is 14.2 Å². The second-order valence-electron chi connectivity index (χ2n) is 5.46. The number of rotatable bonds is 5. The van der Waals surface area contributed by atoms with Crippen molar-refractivity contribution in [3.63, 3.8) is 0 Å². The van der Waals surface area contributed by atoms with Gasteiger partial charge in [0.05, 0.1) is 38.1 Å². The number of aryl methyl sites for hydroxylation is 1. The number of benzene rings is 2. The van der Waals surface area contributed by atoms with E-state index >= 15 is 0 Å². The monoisotopic (exact) mass is 340 g/mol. The summed E-state index contributed by atoms with van der Waals surface area (Å²) in [6, 6.07) is 11.3. The predicted molar refractivity (Wildman–Crippen MR) is 97.9 cm³/mol. The first-order chi connectivity index (χ1) is 12.1. The van der Waals surface area contributed by atoms with Crippen molar-refractivity contribution in [2.45, 2.75) is 0 Å². The van der Waals surface area contributed by atoms with Gasteiger partial charge in [0, 0.05) is 30.8 Å². The third-order valence-electron chi connectivity index (χ3n) is 4.11. The summed E-state index contributed by atoms with van der Waals surface area (Å²) >= 11 is 0. The molecule has 0 unspecified atom stereocenters. The second kappa shape index (κ2) is 6.76. The Kier molecular flexibility index (Phi) is 4.52. The van der Waals surface area contributed by atoms with Gasteiger partial charge in [-0.1, -0.05) is 18.2 Å². The van der Waals surface area contributed by atoms with Gasteiger partial charge in [-0.2, -0.15) is 0 Å². The molecule has 1 aromatic heterocycles. The van der Waals surface area contributed by atoms with Crippen molar-refractivity contribution in [1.29, 1.82) is 0 Å². The van der Waals surface area contributed by atoms with E-state index in [9.17, 15) is 5.11 Å². The second-order valence-corrected chi connectivity index (χ2v) is 5.46. The number of aromatic nitrogens is 1. The van der Waals surface area contributed by atoms with E-state index in [4.69, 9.17) is 14.2 Å². The zero-order chi connectivity index (χ0) is 18.0. The lowest BCUT2D eigenvalue weighted by Gasteiger charge is -2.12. The quantitative estimate of drug-likeness (QED) is 0.720. The number of methoxy groups -OCH3 is 3. The molecule has 0 aliphatic rings. The topological polar surface area (TPSA) is 65.2 Å². The Morgan fingerprint density at radius 3 is 2.24 bits per heavy atom. The molecule has 3 rings (SSSR count). The molecule has 0 fully saturated rings. The summed E-state index contributed by atoms with van der Waals surface area (Å²) in [6.07, 6.45) is 1.64. The highest BCUT2D eigenvalue weighted by Crippen LogP contribution is 2.41. The molecule has 6 nitrogen and oxygen atoms in total. The maximum absolute atomic E-state index is 10.4. The number of hydrogen-bond donors (Lipinski definition) is 1. The van der Waals surface area contributed by atoms with Crippen LogP contribution in [0.15, 0.2) is 41.4 Å². The molecular formula is C19H20N2O4. The fourth-order valence-electron chi connectivity index (χ4n) is 2.82. The zero-order valence-corrected chi connectivity index (χ0v) is 14.6. The van der Waals surface area contributed by atoms with Gasteiger partial charge in [-0.15, -0.1) is 0 Å². The van der Waals surface area contributed by atoms with Gasteiger partial charge < -0.3 is 23.9 Å². The van der Waals surface area contributed by atoms with Crippen molar-refractivity contribution in [2.24, 2.45) is 12.0 Å². The van der Waals surface area contributed by atoms with E-state index in [0.29, 0.717) is 28.5 Å². The predicted octanol–water partition coefficient (Wildman–Crippen LogP) is 3.66. The molecule has 0 saturated carbocycles. The van der Waals surface area contributed by atoms with Crippen LogP contribution in [-0.4, -0.2) is 37.2 Å². The average Bonchev–Trinajstić information content (AvgIpc) is 2.89. The average molecular weight is 340 g/mol. The van der Waals surface area contributed by atoms with Gasteiger partial charge in [0.15, 0.2) is 11.5 Å². The molecule has 25 heavy (non-hydrogen) atoms. The minimum Gasteiger partial charge on any atom is -0.494 e. The van der Waals surface area contributed by atoms with Crippen molar-refractivity contribution >= 4 is 22.8 Å². The van der Waals surface area contributed by atoms with Crippen molar-refractivity contribution in [3.8, 4) is 23.1 Å². The van der Waals surface area contributed by atoms with Crippen LogP contribution in [0.5, 0.6) is 23.1 Å². The lowest BCUT2D eigenvalue weighted by molar-refractivity contribution is 0.324. The van der Waals surface area contributed by atoms with Crippen molar-refractivity contribution in [3.05, 3.63) is 42.0 Å². The Hall–Kier alpha value is -3.15. The number of nitrogens with zero attached hydrogens (tertiary/aromatic N) is 2. The van der Waals surface area contributed by atoms with Crippen LogP contribution >= 0.6 is 0 Å². The van der Waals surface area contributed by atoms with Crippen molar-refractivity contribution < 1.29 is 19.3 Å². The minimum absolute atomic E-state index is 0.164. The molecule has 0 saturated heterocycles. The van der Waals surface area contributed by atoms with Crippen LogP contribution in [0.4, 0.5) is 5.69 Å². The molecule has 3 aromatic rings. The largest absolute Gasteiger partial charge is 0.494 e. The molecule has 0 amide bonds. The summed E-state index contributed by atoms with van der Waals surface area (Å²) in [7, 11) is 6.48. The van der Waals surface area contributed by atoms with Gasteiger partial charge in [0.2, 0.25) is 11.6 Å². The van der Waals surface area contributed by atoms with Crippen LogP contribution in [0.25, 0.3) is 10.9 Å². The standard InChI is InChI=1S/C19H20N2O4/c1-21-15-8-6-5-7-13(15)14(19(21)22)11-20-12-9-16(23-2)18(25-4)17(10-12)24-3/h5-11,22H,1-4H3. The SMILES string of the molecule is COc1cc(N=Cc2c(O)n(C)c3ccccc23)cc(OC)c1OC. The van der Waals surface area contributed by atoms with Crippen LogP contribution in [0.2, 0.25) is 0 Å². The Morgan fingerprint density at radius 2 is 1.64 bits per heavy atom. The van der Waals surface area contributed by atoms with E-state index in [1.807, 2.05) is 31.3 Å². The molecule has 0 spiro atoms. The molecule has 2 aromatic carbocycles. The Balaban J connectivity index is 2.08. The van der Waals surface area contributed by atoms with E-state index in [-0.39, 0.29) is 5.88 Å². The Labute approximate surface area is 145 Å². The van der Waals surface area contributed by atoms with Gasteiger partial charge >= 0.3 is 0 Å². The molecular weight excluding hydrogens is 320 g/mol. The summed E-state index contributed by atoms with van der Waals surface area (Å²) < 4.78 is 17.7. The molecule has 6 heteroatoms. The molecule has 1 heterocycles. The van der Waals surface area contributed by atoms with E-state index in [0.717, 1.165) is 10.9 Å². The number of aromatic hydroxyl groups is 1. The van der Waals surface area contributed by atoms with E-state index < -0.39 is 0 Å². The molecule has 0 radical (unpaired) electrons. The van der Waals surface area contributed by atoms with Crippen LogP contribution in [-0.2, 0) is 7.05 Å². The molecule has 0 atom stereocenters. The first-order valence-corrected chi connectivity index (χ1v) is 7.71. The first kappa shape index (κ1) is 16.7. The maximum atomic E-state index is 10.4. The number of fused-ring (bicyclic) bond motifs is 1. The summed E-state index contributed by atoms with van der Waals surface area (Å²) in [4.78, 5) is 4.48. The van der Waals surface area contributed by atoms with Crippen LogP contribution in [0.3, 0.4) is 0 Å². The van der Waals surface area contributed by atoms with Gasteiger partial charge in [-0.25, -0.2) is 0 Å². The first-order valence-electron chi connectivity index (χ1n) is 7.71. The van der Waals surface area contributed by atoms with Gasteiger partial charge in [-0.05, 0) is 6.07 Å². The third kappa shape index (κ3) is 2.87. The smallest absolute Gasteiger partial charge is 0.203 e. The minimum atomic E-state index is 0.164. The van der Waals surface area contributed by atoms with Crippen LogP contribution in [0, 0.1) is 0 Å². The molecule has 0 bridgehead atoms. The van der Waals surface area contributed by atoms with Crippen LogP contribution in [0.1, 0.15) is 5.56 Å². The summed E-state index contributed by atoms with van der Waals surface area (Å²) in [5, 5.41) is 11.3. The summed E-state index contributed by atoms with van der Waals surface area (Å²) in [5.41, 5.74) is 2.22. The highest BCUT2D eigenvalue weighted by Gasteiger charge is 2.14. The van der Waals surface area contributed by atoms with Gasteiger partial charge in [0.1, 0.15) is 0 Å². The summed E-state index contributed by atoms with van der Waals surface area (Å²) in [5.74, 6) is 1.72. The number of ether oxygens (including phenoxy) is 3. The van der Waals surface area contributed by atoms with Crippen molar-refractivity contribution in [1.82, 2.24) is 4.57 Å². The maximum Gasteiger partial charge on any atom is 0.203 e. The summed E-state index contributed by atoms with van der Waals surface area (Å²) in [6.45, 7) is 0. The van der Waals surface area contributed by atoms with E-state index in [1.165, 1.54) is 0 Å². The molecule has 130 valence electrons. The highest BCUT2D eigenvalue weighted by molar-refractivity contribution is 6.03. The zero-order valence-electron chi connectivity index (χ0n) is 14.6. The normalized spacial score (nSPS) is 11.2. The van der Waals surface area contributed by atoms with E-state index in [2.05, 4.69) is 4.99 Å². The number of para-hydroxylation sites is 1. The molecule has 0 aliphatic heterocycles. The fourth-order valence-corrected chi connectivity index (χ4v) is 2.82.